The fourth-order valence-electron chi connectivity index (χ4n) is 3.73. The van der Waals surface area contributed by atoms with Gasteiger partial charge in [0.05, 0.1) is 28.3 Å². The first-order valence-corrected chi connectivity index (χ1v) is 9.58. The molecule has 0 atom stereocenters. The molecule has 3 aromatic rings. The van der Waals surface area contributed by atoms with Gasteiger partial charge in [-0.25, -0.2) is 4.98 Å². The van der Waals surface area contributed by atoms with Gasteiger partial charge in [0.1, 0.15) is 0 Å². The molecule has 0 unspecified atom stereocenters. The number of hydrogen-bond acceptors (Lipinski definition) is 4. The van der Waals surface area contributed by atoms with Gasteiger partial charge in [-0.15, -0.1) is 0 Å². The minimum Gasteiger partial charge on any atom is -0.306 e. The second-order valence-electron chi connectivity index (χ2n) is 7.71. The van der Waals surface area contributed by atoms with Gasteiger partial charge >= 0.3 is 0 Å². The van der Waals surface area contributed by atoms with Crippen LogP contribution < -0.4 is 4.90 Å². The summed E-state index contributed by atoms with van der Waals surface area (Å²) < 4.78 is 1.75. The summed E-state index contributed by atoms with van der Waals surface area (Å²) in [5.74, 6) is 0.344. The number of nitriles is 1. The van der Waals surface area contributed by atoms with Gasteiger partial charge in [-0.05, 0) is 57.9 Å². The number of hydrogen-bond donors (Lipinski definition) is 0. The number of aryl methyl sites for hydroxylation is 2. The van der Waals surface area contributed by atoms with Crippen LogP contribution in [-0.4, -0.2) is 26.7 Å². The standard InChI is InChI=1S/C22H23N5O/c1-13(2)27(17-7-5-6-15(10-17)12-23)22(28)18-11-19(16-8-9-16)24-21-20(18)14(3)25-26(21)4/h5-7,10-11,13,16H,8-9H2,1-4H3. The Hall–Kier alpha value is -3.20. The molecular formula is C22H23N5O. The number of rotatable bonds is 4. The number of benzene rings is 1. The molecule has 0 spiro atoms. The highest BCUT2D eigenvalue weighted by molar-refractivity contribution is 6.14. The molecule has 0 aliphatic heterocycles. The van der Waals surface area contributed by atoms with Crippen LogP contribution in [0, 0.1) is 18.3 Å². The maximum Gasteiger partial charge on any atom is 0.259 e. The number of pyridine rings is 1. The number of carbonyl (C=O) groups is 1. The lowest BCUT2D eigenvalue weighted by atomic mass is 10.0. The van der Waals surface area contributed by atoms with E-state index in [1.165, 1.54) is 0 Å². The molecule has 2 aromatic heterocycles. The van der Waals surface area contributed by atoms with Crippen molar-refractivity contribution in [3.8, 4) is 6.07 Å². The molecule has 4 rings (SSSR count). The van der Waals surface area contributed by atoms with Crippen LogP contribution in [0.2, 0.25) is 0 Å². The van der Waals surface area contributed by atoms with E-state index in [2.05, 4.69) is 11.2 Å². The van der Waals surface area contributed by atoms with E-state index in [1.807, 2.05) is 46.0 Å². The molecule has 0 N–H and O–H groups in total. The zero-order valence-electron chi connectivity index (χ0n) is 16.6. The van der Waals surface area contributed by atoms with E-state index in [0.717, 1.165) is 41.0 Å². The quantitative estimate of drug-likeness (QED) is 0.690. The number of fused-ring (bicyclic) bond motifs is 1. The van der Waals surface area contributed by atoms with Crippen molar-refractivity contribution in [1.29, 1.82) is 5.26 Å². The second kappa shape index (κ2) is 6.75. The monoisotopic (exact) mass is 373 g/mol. The molecule has 0 saturated heterocycles. The summed E-state index contributed by atoms with van der Waals surface area (Å²) in [7, 11) is 1.86. The van der Waals surface area contributed by atoms with Crippen LogP contribution in [0.4, 0.5) is 5.69 Å². The van der Waals surface area contributed by atoms with E-state index in [9.17, 15) is 10.1 Å². The normalized spacial score (nSPS) is 13.7. The molecular weight excluding hydrogens is 350 g/mol. The Labute approximate surface area is 164 Å². The van der Waals surface area contributed by atoms with Gasteiger partial charge in [-0.1, -0.05) is 6.07 Å². The highest BCUT2D eigenvalue weighted by Gasteiger charge is 2.30. The molecule has 142 valence electrons. The Morgan fingerprint density at radius 1 is 1.32 bits per heavy atom. The summed E-state index contributed by atoms with van der Waals surface area (Å²) in [6.07, 6.45) is 2.22. The van der Waals surface area contributed by atoms with Gasteiger partial charge in [-0.3, -0.25) is 9.48 Å². The molecule has 6 nitrogen and oxygen atoms in total. The molecule has 1 saturated carbocycles. The summed E-state index contributed by atoms with van der Waals surface area (Å²) >= 11 is 0. The third-order valence-corrected chi connectivity index (χ3v) is 5.20. The van der Waals surface area contributed by atoms with Crippen LogP contribution in [-0.2, 0) is 7.05 Å². The fraction of sp³-hybridized carbons (Fsp3) is 0.364. The van der Waals surface area contributed by atoms with Crippen LogP contribution >= 0.6 is 0 Å². The Morgan fingerprint density at radius 2 is 2.07 bits per heavy atom. The summed E-state index contributed by atoms with van der Waals surface area (Å²) in [4.78, 5) is 20.3. The topological polar surface area (TPSA) is 74.8 Å². The van der Waals surface area contributed by atoms with E-state index in [1.54, 1.807) is 21.7 Å². The molecule has 0 radical (unpaired) electrons. The Balaban J connectivity index is 1.89. The molecule has 6 heteroatoms. The highest BCUT2D eigenvalue weighted by Crippen LogP contribution is 2.40. The van der Waals surface area contributed by atoms with Crippen molar-refractivity contribution >= 4 is 22.6 Å². The Morgan fingerprint density at radius 3 is 2.71 bits per heavy atom. The third-order valence-electron chi connectivity index (χ3n) is 5.20. The van der Waals surface area contributed by atoms with E-state index in [0.29, 0.717) is 17.0 Å². The van der Waals surface area contributed by atoms with Gasteiger partial charge in [0, 0.05) is 30.4 Å². The molecule has 1 aliphatic carbocycles. The molecule has 2 heterocycles. The minimum atomic E-state index is -0.0875. The van der Waals surface area contributed by atoms with Gasteiger partial charge in [0.25, 0.3) is 5.91 Å². The van der Waals surface area contributed by atoms with Crippen molar-refractivity contribution in [2.24, 2.45) is 7.05 Å². The molecule has 28 heavy (non-hydrogen) atoms. The molecule has 1 amide bonds. The van der Waals surface area contributed by atoms with Crippen molar-refractivity contribution in [2.75, 3.05) is 4.90 Å². The summed E-state index contributed by atoms with van der Waals surface area (Å²) in [6, 6.07) is 11.2. The van der Waals surface area contributed by atoms with E-state index in [4.69, 9.17) is 4.98 Å². The van der Waals surface area contributed by atoms with Crippen molar-refractivity contribution in [2.45, 2.75) is 45.6 Å². The average Bonchev–Trinajstić information content (AvgIpc) is 3.48. The average molecular weight is 373 g/mol. The first-order valence-electron chi connectivity index (χ1n) is 9.58. The maximum absolute atomic E-state index is 13.7. The van der Waals surface area contributed by atoms with Crippen LogP contribution in [0.5, 0.6) is 0 Å². The van der Waals surface area contributed by atoms with E-state index in [-0.39, 0.29) is 11.9 Å². The second-order valence-corrected chi connectivity index (χ2v) is 7.71. The third kappa shape index (κ3) is 3.03. The van der Waals surface area contributed by atoms with Crippen LogP contribution in [0.15, 0.2) is 30.3 Å². The van der Waals surface area contributed by atoms with E-state index >= 15 is 0 Å². The van der Waals surface area contributed by atoms with Crippen LogP contribution in [0.3, 0.4) is 0 Å². The number of anilines is 1. The largest absolute Gasteiger partial charge is 0.306 e. The number of carbonyl (C=O) groups excluding carboxylic acids is 1. The highest BCUT2D eigenvalue weighted by atomic mass is 16.2. The fourth-order valence-corrected chi connectivity index (χ4v) is 3.73. The summed E-state index contributed by atoms with van der Waals surface area (Å²) in [5, 5.41) is 14.6. The number of nitrogens with zero attached hydrogens (tertiary/aromatic N) is 5. The predicted octanol–water partition coefficient (Wildman–Crippen LogP) is 4.08. The Bertz CT molecular complexity index is 1120. The van der Waals surface area contributed by atoms with E-state index < -0.39 is 0 Å². The lowest BCUT2D eigenvalue weighted by Gasteiger charge is -2.27. The lowest BCUT2D eigenvalue weighted by molar-refractivity contribution is 0.0981. The lowest BCUT2D eigenvalue weighted by Crippen LogP contribution is -2.37. The maximum atomic E-state index is 13.7. The van der Waals surface area contributed by atoms with Crippen LogP contribution in [0.1, 0.15) is 59.9 Å². The summed E-state index contributed by atoms with van der Waals surface area (Å²) in [6.45, 7) is 5.87. The van der Waals surface area contributed by atoms with Crippen molar-refractivity contribution in [1.82, 2.24) is 14.8 Å². The minimum absolute atomic E-state index is 0.0639. The first kappa shape index (κ1) is 18.2. The molecule has 1 aromatic carbocycles. The predicted molar refractivity (Wildman–Crippen MR) is 108 cm³/mol. The van der Waals surface area contributed by atoms with Crippen molar-refractivity contribution in [3.63, 3.8) is 0 Å². The molecule has 0 bridgehead atoms. The Kier molecular flexibility index (Phi) is 4.38. The van der Waals surface area contributed by atoms with Crippen LogP contribution in [0.25, 0.3) is 11.0 Å². The molecule has 1 fully saturated rings. The SMILES string of the molecule is Cc1nn(C)c2nc(C3CC3)cc(C(=O)N(c3cccc(C#N)c3)C(C)C)c12. The van der Waals surface area contributed by atoms with Crippen molar-refractivity contribution in [3.05, 3.63) is 52.8 Å². The first-order chi connectivity index (χ1) is 13.4. The number of aromatic nitrogens is 3. The number of amides is 1. The smallest absolute Gasteiger partial charge is 0.259 e. The zero-order chi connectivity index (χ0) is 20.0. The summed E-state index contributed by atoms with van der Waals surface area (Å²) in [5.41, 5.74) is 4.40. The van der Waals surface area contributed by atoms with Gasteiger partial charge < -0.3 is 4.90 Å². The molecule has 1 aliphatic rings. The van der Waals surface area contributed by atoms with Gasteiger partial charge in [0.2, 0.25) is 0 Å². The van der Waals surface area contributed by atoms with Crippen molar-refractivity contribution < 1.29 is 4.79 Å². The zero-order valence-corrected chi connectivity index (χ0v) is 16.6. The van der Waals surface area contributed by atoms with Gasteiger partial charge in [0.15, 0.2) is 5.65 Å². The van der Waals surface area contributed by atoms with Gasteiger partial charge in [-0.2, -0.15) is 10.4 Å².